The third-order valence-electron chi connectivity index (χ3n) is 6.48. The molecule has 0 unspecified atom stereocenters. The predicted molar refractivity (Wildman–Crippen MR) is 137 cm³/mol. The van der Waals surface area contributed by atoms with Gasteiger partial charge in [0.2, 0.25) is 0 Å². The Morgan fingerprint density at radius 2 is 2.06 bits per heavy atom. The van der Waals surface area contributed by atoms with Gasteiger partial charge in [-0.15, -0.1) is 11.8 Å². The summed E-state index contributed by atoms with van der Waals surface area (Å²) in [6, 6.07) is 9.12. The zero-order valence-electron chi connectivity index (χ0n) is 21.0. The standard InChI is InChI=1S/C26H33N5O4S/c1-25(2,17-35-13-12-32)36-26(9-10-26)16-31-11-8-20-21(29-30(3)22(20)24(31)34)23(33)28-15-19-6-4-18(14-27)5-7-19/h4-7,32H,8-13,15-17H2,1-3H3,(H,28,33). The topological polar surface area (TPSA) is 120 Å². The number of amides is 2. The average molecular weight is 512 g/mol. The van der Waals surface area contributed by atoms with E-state index in [0.717, 1.165) is 18.4 Å². The Bertz CT molecular complexity index is 1160. The van der Waals surface area contributed by atoms with Gasteiger partial charge in [-0.05, 0) is 50.8 Å². The molecule has 2 aromatic rings. The number of nitrogens with zero attached hydrogens (tertiary/aromatic N) is 4. The number of aliphatic hydroxyl groups excluding tert-OH is 1. The van der Waals surface area contributed by atoms with Crippen molar-refractivity contribution >= 4 is 23.6 Å². The highest BCUT2D eigenvalue weighted by Crippen LogP contribution is 2.54. The quantitative estimate of drug-likeness (QED) is 0.444. The van der Waals surface area contributed by atoms with Gasteiger partial charge in [0.25, 0.3) is 11.8 Å². The number of carbonyl (C=O) groups is 2. The number of rotatable bonds is 11. The van der Waals surface area contributed by atoms with Gasteiger partial charge in [-0.2, -0.15) is 10.4 Å². The highest BCUT2D eigenvalue weighted by molar-refractivity contribution is 8.02. The maximum atomic E-state index is 13.4. The lowest BCUT2D eigenvalue weighted by Crippen LogP contribution is -2.44. The third-order valence-corrected chi connectivity index (χ3v) is 8.12. The Balaban J connectivity index is 1.40. The molecule has 36 heavy (non-hydrogen) atoms. The van der Waals surface area contributed by atoms with Crippen LogP contribution in [0.25, 0.3) is 0 Å². The van der Waals surface area contributed by atoms with Gasteiger partial charge in [0.05, 0.1) is 31.5 Å². The number of nitriles is 1. The lowest BCUT2D eigenvalue weighted by molar-refractivity contribution is 0.0723. The van der Waals surface area contributed by atoms with Crippen molar-refractivity contribution < 1.29 is 19.4 Å². The van der Waals surface area contributed by atoms with Crippen molar-refractivity contribution in [2.75, 3.05) is 32.9 Å². The van der Waals surface area contributed by atoms with Crippen LogP contribution in [0.15, 0.2) is 24.3 Å². The molecular weight excluding hydrogens is 478 g/mol. The number of carbonyl (C=O) groups excluding carboxylic acids is 2. The third kappa shape index (κ3) is 5.91. The van der Waals surface area contributed by atoms with Crippen molar-refractivity contribution in [2.24, 2.45) is 7.05 Å². The van der Waals surface area contributed by atoms with E-state index >= 15 is 0 Å². The molecule has 192 valence electrons. The van der Waals surface area contributed by atoms with Crippen LogP contribution in [-0.4, -0.2) is 74.0 Å². The summed E-state index contributed by atoms with van der Waals surface area (Å²) in [6.07, 6.45) is 2.68. The summed E-state index contributed by atoms with van der Waals surface area (Å²) < 4.78 is 6.98. The normalized spacial score (nSPS) is 16.4. The van der Waals surface area contributed by atoms with Crippen molar-refractivity contribution in [2.45, 2.75) is 49.1 Å². The monoisotopic (exact) mass is 511 g/mol. The van der Waals surface area contributed by atoms with Crippen molar-refractivity contribution in [1.82, 2.24) is 20.0 Å². The van der Waals surface area contributed by atoms with Gasteiger partial charge in [-0.1, -0.05) is 12.1 Å². The molecule has 1 fully saturated rings. The van der Waals surface area contributed by atoms with Crippen LogP contribution in [0.1, 0.15) is 64.4 Å². The first-order chi connectivity index (χ1) is 17.2. The second kappa shape index (κ2) is 10.6. The molecule has 4 rings (SSSR count). The van der Waals surface area contributed by atoms with Gasteiger partial charge < -0.3 is 20.1 Å². The molecule has 2 heterocycles. The lowest BCUT2D eigenvalue weighted by Gasteiger charge is -2.34. The van der Waals surface area contributed by atoms with Gasteiger partial charge in [0.15, 0.2) is 5.69 Å². The molecule has 9 nitrogen and oxygen atoms in total. The van der Waals surface area contributed by atoms with E-state index in [0.29, 0.717) is 61.8 Å². The predicted octanol–water partition coefficient (Wildman–Crippen LogP) is 2.27. The maximum absolute atomic E-state index is 13.4. The number of benzene rings is 1. The van der Waals surface area contributed by atoms with Crippen LogP contribution < -0.4 is 5.32 Å². The van der Waals surface area contributed by atoms with Crippen molar-refractivity contribution in [3.8, 4) is 6.07 Å². The van der Waals surface area contributed by atoms with Gasteiger partial charge >= 0.3 is 0 Å². The first-order valence-electron chi connectivity index (χ1n) is 12.2. The molecule has 0 bridgehead atoms. The number of hydrogen-bond acceptors (Lipinski definition) is 7. The second-order valence-electron chi connectivity index (χ2n) is 10.1. The van der Waals surface area contributed by atoms with E-state index in [1.165, 1.54) is 4.68 Å². The highest BCUT2D eigenvalue weighted by atomic mass is 32.2. The number of aromatic nitrogens is 2. The minimum absolute atomic E-state index is 0.0106. The second-order valence-corrected chi connectivity index (χ2v) is 12.3. The molecule has 2 N–H and O–H groups in total. The first-order valence-corrected chi connectivity index (χ1v) is 13.0. The van der Waals surface area contributed by atoms with E-state index in [2.05, 4.69) is 30.3 Å². The minimum Gasteiger partial charge on any atom is -0.394 e. The number of thioether (sulfide) groups is 1. The van der Waals surface area contributed by atoms with Gasteiger partial charge in [0.1, 0.15) is 5.69 Å². The zero-order valence-corrected chi connectivity index (χ0v) is 21.9. The molecule has 10 heteroatoms. The van der Waals surface area contributed by atoms with E-state index in [1.54, 1.807) is 31.3 Å². The Kier molecular flexibility index (Phi) is 7.73. The molecule has 2 amide bonds. The van der Waals surface area contributed by atoms with Crippen LogP contribution in [0.5, 0.6) is 0 Å². The molecule has 1 aromatic heterocycles. The Hall–Kier alpha value is -2.87. The molecule has 0 spiro atoms. The Morgan fingerprint density at radius 3 is 2.69 bits per heavy atom. The minimum atomic E-state index is -0.309. The number of fused-ring (bicyclic) bond motifs is 1. The lowest BCUT2D eigenvalue weighted by atomic mass is 10.0. The van der Waals surface area contributed by atoms with Crippen molar-refractivity contribution in [3.05, 3.63) is 52.3 Å². The van der Waals surface area contributed by atoms with Crippen LogP contribution in [0.2, 0.25) is 0 Å². The van der Waals surface area contributed by atoms with E-state index in [-0.39, 0.29) is 27.9 Å². The SMILES string of the molecule is Cn1nc(C(=O)NCc2ccc(C#N)cc2)c2c1C(=O)N(CC1(SC(C)(C)COCCO)CC1)CC2. The summed E-state index contributed by atoms with van der Waals surface area (Å²) in [5.74, 6) is -0.394. The molecule has 0 radical (unpaired) electrons. The number of ether oxygens (including phenoxy) is 1. The number of aryl methyl sites for hydroxylation is 1. The van der Waals surface area contributed by atoms with E-state index in [1.807, 2.05) is 16.7 Å². The van der Waals surface area contributed by atoms with Gasteiger partial charge in [-0.25, -0.2) is 0 Å². The molecule has 1 aliphatic carbocycles. The van der Waals surface area contributed by atoms with Crippen LogP contribution >= 0.6 is 11.8 Å². The smallest absolute Gasteiger partial charge is 0.272 e. The van der Waals surface area contributed by atoms with Crippen molar-refractivity contribution in [3.63, 3.8) is 0 Å². The molecule has 1 saturated carbocycles. The van der Waals surface area contributed by atoms with Gasteiger partial charge in [0, 0.05) is 41.7 Å². The fraction of sp³-hybridized carbons (Fsp3) is 0.538. The summed E-state index contributed by atoms with van der Waals surface area (Å²) in [7, 11) is 1.71. The first kappa shape index (κ1) is 26.2. The average Bonchev–Trinajstić information content (AvgIpc) is 3.50. The maximum Gasteiger partial charge on any atom is 0.272 e. The molecule has 0 saturated heterocycles. The highest BCUT2D eigenvalue weighted by Gasteiger charge is 2.50. The number of nitrogens with one attached hydrogen (secondary N) is 1. The molecular formula is C26H33N5O4S. The summed E-state index contributed by atoms with van der Waals surface area (Å²) in [4.78, 5) is 28.3. The summed E-state index contributed by atoms with van der Waals surface area (Å²) in [5, 5.41) is 25.2. The fourth-order valence-corrected chi connectivity index (χ4v) is 6.49. The van der Waals surface area contributed by atoms with E-state index in [9.17, 15) is 9.59 Å². The summed E-state index contributed by atoms with van der Waals surface area (Å²) in [5.41, 5.74) is 2.93. The largest absolute Gasteiger partial charge is 0.394 e. The Morgan fingerprint density at radius 1 is 1.33 bits per heavy atom. The fourth-order valence-electron chi connectivity index (χ4n) is 4.64. The van der Waals surface area contributed by atoms with Crippen LogP contribution in [0.3, 0.4) is 0 Å². The Labute approximate surface area is 215 Å². The molecule has 1 aromatic carbocycles. The van der Waals surface area contributed by atoms with Crippen molar-refractivity contribution in [1.29, 1.82) is 5.26 Å². The zero-order chi connectivity index (χ0) is 25.9. The molecule has 2 aliphatic rings. The van der Waals surface area contributed by atoms with Crippen LogP contribution in [0, 0.1) is 11.3 Å². The molecule has 0 atom stereocenters. The number of hydrogen-bond donors (Lipinski definition) is 2. The van der Waals surface area contributed by atoms with Gasteiger partial charge in [-0.3, -0.25) is 14.3 Å². The summed E-state index contributed by atoms with van der Waals surface area (Å²) in [6.45, 7) is 6.67. The van der Waals surface area contributed by atoms with E-state index < -0.39 is 0 Å². The summed E-state index contributed by atoms with van der Waals surface area (Å²) >= 11 is 1.86. The van der Waals surface area contributed by atoms with Crippen LogP contribution in [-0.2, 0) is 24.8 Å². The van der Waals surface area contributed by atoms with E-state index in [4.69, 9.17) is 15.1 Å². The molecule has 1 aliphatic heterocycles. The number of aliphatic hydroxyl groups is 1. The van der Waals surface area contributed by atoms with Crippen LogP contribution in [0.4, 0.5) is 0 Å².